The lowest BCUT2D eigenvalue weighted by Gasteiger charge is -2.34. The maximum absolute atomic E-state index is 11.6. The molecule has 4 rings (SSSR count). The van der Waals surface area contributed by atoms with E-state index in [1.165, 1.54) is 30.5 Å². The van der Waals surface area contributed by atoms with Crippen molar-refractivity contribution in [1.29, 1.82) is 5.26 Å². The first-order valence-corrected chi connectivity index (χ1v) is 10.8. The van der Waals surface area contributed by atoms with Crippen molar-refractivity contribution in [3.05, 3.63) is 48.0 Å². The van der Waals surface area contributed by atoms with Gasteiger partial charge >= 0.3 is 0 Å². The molecule has 1 saturated heterocycles. The number of nitrogens with zero attached hydrogens (tertiary/aromatic N) is 4. The summed E-state index contributed by atoms with van der Waals surface area (Å²) in [5.41, 5.74) is 2.26. The van der Waals surface area contributed by atoms with E-state index in [0.29, 0.717) is 11.5 Å². The molecule has 1 aliphatic rings. The van der Waals surface area contributed by atoms with Crippen LogP contribution in [0.1, 0.15) is 18.4 Å². The minimum Gasteiger partial charge on any atom is -0.480 e. The molecule has 0 saturated carbocycles. The monoisotopic (exact) mass is 434 g/mol. The van der Waals surface area contributed by atoms with Crippen LogP contribution in [0.4, 0.5) is 17.3 Å². The Bertz CT molecular complexity index is 1170. The van der Waals surface area contributed by atoms with Crippen LogP contribution >= 0.6 is 11.3 Å². The number of carbonyl (C=O) groups is 1. The smallest absolute Gasteiger partial charge is 0.247 e. The molecule has 0 aliphatic carbocycles. The number of rotatable bonds is 6. The number of carbonyl (C=O) groups excluding carboxylic acids is 1. The molecular formula is C22H22N6O2S. The number of aromatic nitrogens is 2. The largest absolute Gasteiger partial charge is 0.480 e. The maximum Gasteiger partial charge on any atom is 0.247 e. The molecule has 0 radical (unpaired) electrons. The number of piperidine rings is 1. The Balaban J connectivity index is 1.49. The van der Waals surface area contributed by atoms with Gasteiger partial charge in [0, 0.05) is 40.3 Å². The molecule has 1 aliphatic heterocycles. The van der Waals surface area contributed by atoms with Gasteiger partial charge in [-0.15, -0.1) is 11.3 Å². The molecule has 1 unspecified atom stereocenters. The Labute approximate surface area is 184 Å². The van der Waals surface area contributed by atoms with E-state index in [4.69, 9.17) is 10.00 Å². The van der Waals surface area contributed by atoms with E-state index >= 15 is 0 Å². The number of amides is 1. The molecule has 8 nitrogen and oxygen atoms in total. The summed E-state index contributed by atoms with van der Waals surface area (Å²) in [5, 5.41) is 18.6. The number of nitrogens with one attached hydrogen (secondary N) is 2. The number of hydrogen-bond donors (Lipinski definition) is 2. The van der Waals surface area contributed by atoms with E-state index < -0.39 is 0 Å². The van der Waals surface area contributed by atoms with Crippen LogP contribution in [0.15, 0.2) is 42.4 Å². The van der Waals surface area contributed by atoms with Crippen molar-refractivity contribution in [2.24, 2.45) is 0 Å². The van der Waals surface area contributed by atoms with E-state index in [-0.39, 0.29) is 17.8 Å². The van der Waals surface area contributed by atoms with E-state index in [2.05, 4.69) is 37.5 Å². The summed E-state index contributed by atoms with van der Waals surface area (Å²) in [6.07, 6.45) is 4.78. The standard InChI is InChI=1S/C22H22N6O2S/c1-3-20(29)25-15-6-7-17-18(13-31-19(17)9-15)28-8-4-5-16(12-28)26-22-24-11-14(10-23)21(27-22)30-2/h3,6-7,9,11,13,16H,1,4-5,8,12H2,2H3,(H,25,29)(H,24,26,27). The summed E-state index contributed by atoms with van der Waals surface area (Å²) in [6, 6.07) is 8.15. The van der Waals surface area contributed by atoms with Gasteiger partial charge in [-0.25, -0.2) is 4.98 Å². The molecule has 2 aromatic heterocycles. The first kappa shape index (κ1) is 20.6. The average molecular weight is 435 g/mol. The zero-order chi connectivity index (χ0) is 21.8. The fourth-order valence-electron chi connectivity index (χ4n) is 3.69. The molecule has 1 atom stereocenters. The molecule has 31 heavy (non-hydrogen) atoms. The topological polar surface area (TPSA) is 103 Å². The third-order valence-corrected chi connectivity index (χ3v) is 6.10. The summed E-state index contributed by atoms with van der Waals surface area (Å²) in [5.74, 6) is 0.513. The Morgan fingerprint density at radius 2 is 2.35 bits per heavy atom. The Hall–Kier alpha value is -3.64. The van der Waals surface area contributed by atoms with Crippen LogP contribution in [0.25, 0.3) is 10.1 Å². The minimum absolute atomic E-state index is 0.174. The van der Waals surface area contributed by atoms with Crippen molar-refractivity contribution in [3.8, 4) is 11.9 Å². The Morgan fingerprint density at radius 3 is 3.13 bits per heavy atom. The SMILES string of the molecule is C=CC(=O)Nc1ccc2c(N3CCCC(Nc4ncc(C#N)c(OC)n4)C3)csc2c1. The third kappa shape index (κ3) is 4.44. The molecule has 158 valence electrons. The van der Waals surface area contributed by atoms with Gasteiger partial charge in [-0.1, -0.05) is 6.58 Å². The third-order valence-electron chi connectivity index (χ3n) is 5.17. The normalized spacial score (nSPS) is 15.9. The van der Waals surface area contributed by atoms with Crippen LogP contribution in [0.3, 0.4) is 0 Å². The number of anilines is 3. The second-order valence-corrected chi connectivity index (χ2v) is 8.09. The van der Waals surface area contributed by atoms with Crippen molar-refractivity contribution >= 4 is 44.7 Å². The van der Waals surface area contributed by atoms with Gasteiger partial charge in [0.15, 0.2) is 0 Å². The van der Waals surface area contributed by atoms with Gasteiger partial charge in [0.25, 0.3) is 0 Å². The van der Waals surface area contributed by atoms with Gasteiger partial charge in [-0.05, 0) is 37.1 Å². The van der Waals surface area contributed by atoms with Gasteiger partial charge in [0.05, 0.1) is 19.0 Å². The number of nitriles is 1. The molecule has 1 fully saturated rings. The van der Waals surface area contributed by atoms with Crippen molar-refractivity contribution in [2.75, 3.05) is 35.7 Å². The van der Waals surface area contributed by atoms with E-state index in [0.717, 1.165) is 36.3 Å². The predicted molar refractivity (Wildman–Crippen MR) is 123 cm³/mol. The number of methoxy groups -OCH3 is 1. The molecular weight excluding hydrogens is 412 g/mol. The lowest BCUT2D eigenvalue weighted by atomic mass is 10.0. The second kappa shape index (κ2) is 9.02. The summed E-state index contributed by atoms with van der Waals surface area (Å²) in [4.78, 5) is 22.5. The van der Waals surface area contributed by atoms with Gasteiger partial charge in [0.1, 0.15) is 11.6 Å². The number of hydrogen-bond acceptors (Lipinski definition) is 8. The maximum atomic E-state index is 11.6. The molecule has 1 amide bonds. The number of benzene rings is 1. The molecule has 2 N–H and O–H groups in total. The highest BCUT2D eigenvalue weighted by Gasteiger charge is 2.23. The quantitative estimate of drug-likeness (QED) is 0.569. The molecule has 0 bridgehead atoms. The highest BCUT2D eigenvalue weighted by Crippen LogP contribution is 2.36. The number of thiophene rings is 1. The summed E-state index contributed by atoms with van der Waals surface area (Å²) >= 11 is 1.66. The average Bonchev–Trinajstić information content (AvgIpc) is 3.22. The molecule has 9 heteroatoms. The lowest BCUT2D eigenvalue weighted by molar-refractivity contribution is -0.111. The summed E-state index contributed by atoms with van der Waals surface area (Å²) < 4.78 is 6.30. The fraction of sp³-hybridized carbons (Fsp3) is 0.273. The van der Waals surface area contributed by atoms with Crippen LogP contribution in [0, 0.1) is 11.3 Å². The minimum atomic E-state index is -0.220. The van der Waals surface area contributed by atoms with E-state index in [9.17, 15) is 4.79 Å². The van der Waals surface area contributed by atoms with Crippen LogP contribution in [0.2, 0.25) is 0 Å². The molecule has 0 spiro atoms. The molecule has 1 aromatic carbocycles. The van der Waals surface area contributed by atoms with Crippen molar-refractivity contribution in [3.63, 3.8) is 0 Å². The van der Waals surface area contributed by atoms with Gasteiger partial charge in [-0.2, -0.15) is 10.2 Å². The molecule has 3 aromatic rings. The van der Waals surface area contributed by atoms with Crippen LogP contribution in [-0.4, -0.2) is 42.1 Å². The molecule has 3 heterocycles. The highest BCUT2D eigenvalue weighted by atomic mass is 32.1. The summed E-state index contributed by atoms with van der Waals surface area (Å²) in [6.45, 7) is 5.27. The predicted octanol–water partition coefficient (Wildman–Crippen LogP) is 3.78. The first-order chi connectivity index (χ1) is 15.1. The van der Waals surface area contributed by atoms with Gasteiger partial charge in [-0.3, -0.25) is 4.79 Å². The Kier molecular flexibility index (Phi) is 6.00. The van der Waals surface area contributed by atoms with Crippen molar-refractivity contribution < 1.29 is 9.53 Å². The van der Waals surface area contributed by atoms with Gasteiger partial charge < -0.3 is 20.3 Å². The van der Waals surface area contributed by atoms with E-state index in [1.54, 1.807) is 11.3 Å². The number of fused-ring (bicyclic) bond motifs is 1. The van der Waals surface area contributed by atoms with Crippen molar-refractivity contribution in [2.45, 2.75) is 18.9 Å². The van der Waals surface area contributed by atoms with E-state index in [1.807, 2.05) is 24.3 Å². The highest BCUT2D eigenvalue weighted by molar-refractivity contribution is 7.17. The van der Waals surface area contributed by atoms with Crippen LogP contribution in [-0.2, 0) is 4.79 Å². The zero-order valence-electron chi connectivity index (χ0n) is 17.1. The van der Waals surface area contributed by atoms with Crippen LogP contribution in [0.5, 0.6) is 5.88 Å². The van der Waals surface area contributed by atoms with Crippen molar-refractivity contribution in [1.82, 2.24) is 9.97 Å². The first-order valence-electron chi connectivity index (χ1n) is 9.88. The Morgan fingerprint density at radius 1 is 1.48 bits per heavy atom. The van der Waals surface area contributed by atoms with Gasteiger partial charge in [0.2, 0.25) is 17.7 Å². The lowest BCUT2D eigenvalue weighted by Crippen LogP contribution is -2.42. The zero-order valence-corrected chi connectivity index (χ0v) is 17.9. The summed E-state index contributed by atoms with van der Waals surface area (Å²) in [7, 11) is 1.49. The van der Waals surface area contributed by atoms with Crippen LogP contribution < -0.4 is 20.3 Å². The number of ether oxygens (including phenoxy) is 1. The fourth-order valence-corrected chi connectivity index (χ4v) is 4.70. The second-order valence-electron chi connectivity index (χ2n) is 7.18.